The Morgan fingerprint density at radius 2 is 1.95 bits per heavy atom. The molecule has 0 fully saturated rings. The van der Waals surface area contributed by atoms with Gasteiger partial charge < -0.3 is 9.84 Å². The number of aromatic nitrogens is 2. The molecule has 0 saturated carbocycles. The Morgan fingerprint density at radius 1 is 1.30 bits per heavy atom. The number of hydrogen-bond acceptors (Lipinski definition) is 3. The third kappa shape index (κ3) is 3.29. The molecule has 0 amide bonds. The first-order chi connectivity index (χ1) is 9.52. The van der Waals surface area contributed by atoms with E-state index < -0.39 is 6.10 Å². The highest BCUT2D eigenvalue weighted by Gasteiger charge is 2.20. The van der Waals surface area contributed by atoms with Crippen molar-refractivity contribution in [2.75, 3.05) is 13.7 Å². The van der Waals surface area contributed by atoms with Gasteiger partial charge in [0.15, 0.2) is 0 Å². The maximum atomic E-state index is 10.7. The lowest BCUT2D eigenvalue weighted by atomic mass is 10.0. The predicted octanol–water partition coefficient (Wildman–Crippen LogP) is 2.99. The SMILES string of the molecule is COCCn1ncc(Br)c1C(O)c1cc(C)cc(C)c1. The number of nitrogens with zero attached hydrogens (tertiary/aromatic N) is 2. The molecule has 4 nitrogen and oxygen atoms in total. The van der Waals surface area contributed by atoms with Crippen molar-refractivity contribution in [3.05, 3.63) is 51.3 Å². The highest BCUT2D eigenvalue weighted by atomic mass is 79.9. The molecule has 108 valence electrons. The minimum absolute atomic E-state index is 0.556. The van der Waals surface area contributed by atoms with Crippen molar-refractivity contribution in [1.82, 2.24) is 9.78 Å². The lowest BCUT2D eigenvalue weighted by molar-refractivity contribution is 0.171. The summed E-state index contributed by atoms with van der Waals surface area (Å²) in [7, 11) is 1.65. The average molecular weight is 339 g/mol. The van der Waals surface area contributed by atoms with Crippen LogP contribution < -0.4 is 0 Å². The molecule has 0 aliphatic carbocycles. The van der Waals surface area contributed by atoms with Gasteiger partial charge >= 0.3 is 0 Å². The van der Waals surface area contributed by atoms with E-state index in [2.05, 4.69) is 27.1 Å². The molecule has 1 unspecified atom stereocenters. The monoisotopic (exact) mass is 338 g/mol. The van der Waals surface area contributed by atoms with Gasteiger partial charge in [0, 0.05) is 7.11 Å². The first kappa shape index (κ1) is 15.2. The van der Waals surface area contributed by atoms with Gasteiger partial charge in [-0.05, 0) is 35.3 Å². The Balaban J connectivity index is 2.36. The van der Waals surface area contributed by atoms with Crippen LogP contribution in [0.1, 0.15) is 28.5 Å². The smallest absolute Gasteiger partial charge is 0.122 e. The second-order valence-corrected chi connectivity index (χ2v) is 5.77. The average Bonchev–Trinajstić information content (AvgIpc) is 2.75. The first-order valence-electron chi connectivity index (χ1n) is 6.49. The van der Waals surface area contributed by atoms with E-state index in [4.69, 9.17) is 4.74 Å². The zero-order valence-electron chi connectivity index (χ0n) is 11.9. The zero-order chi connectivity index (χ0) is 14.7. The summed E-state index contributed by atoms with van der Waals surface area (Å²) in [5, 5.41) is 14.9. The van der Waals surface area contributed by atoms with E-state index in [-0.39, 0.29) is 0 Å². The normalized spacial score (nSPS) is 12.7. The summed E-state index contributed by atoms with van der Waals surface area (Å²) >= 11 is 3.46. The summed E-state index contributed by atoms with van der Waals surface area (Å²) in [6.45, 7) is 5.22. The summed E-state index contributed by atoms with van der Waals surface area (Å²) in [6, 6.07) is 6.09. The van der Waals surface area contributed by atoms with Gasteiger partial charge in [-0.15, -0.1) is 0 Å². The fourth-order valence-corrected chi connectivity index (χ4v) is 2.84. The molecule has 20 heavy (non-hydrogen) atoms. The number of hydrogen-bond donors (Lipinski definition) is 1. The van der Waals surface area contributed by atoms with Gasteiger partial charge in [-0.3, -0.25) is 4.68 Å². The van der Waals surface area contributed by atoms with Crippen LogP contribution in [-0.2, 0) is 11.3 Å². The molecule has 0 bridgehead atoms. The van der Waals surface area contributed by atoms with Gasteiger partial charge in [-0.1, -0.05) is 29.3 Å². The number of ether oxygens (including phenoxy) is 1. The van der Waals surface area contributed by atoms with Crippen LogP contribution >= 0.6 is 15.9 Å². The number of aryl methyl sites for hydroxylation is 2. The van der Waals surface area contributed by atoms with Crippen molar-refractivity contribution in [3.63, 3.8) is 0 Å². The molecular weight excluding hydrogens is 320 g/mol. The van der Waals surface area contributed by atoms with Crippen LogP contribution in [0.5, 0.6) is 0 Å². The van der Waals surface area contributed by atoms with E-state index >= 15 is 0 Å². The number of aliphatic hydroxyl groups is 1. The zero-order valence-corrected chi connectivity index (χ0v) is 13.5. The van der Waals surface area contributed by atoms with Gasteiger partial charge in [-0.25, -0.2) is 0 Å². The minimum Gasteiger partial charge on any atom is -0.383 e. The van der Waals surface area contributed by atoms with E-state index in [0.29, 0.717) is 13.2 Å². The van der Waals surface area contributed by atoms with Crippen molar-refractivity contribution in [3.8, 4) is 0 Å². The maximum Gasteiger partial charge on any atom is 0.122 e. The molecule has 1 aromatic carbocycles. The van der Waals surface area contributed by atoms with Crippen molar-refractivity contribution in [2.45, 2.75) is 26.5 Å². The number of methoxy groups -OCH3 is 1. The second-order valence-electron chi connectivity index (χ2n) is 4.92. The second kappa shape index (κ2) is 6.52. The molecule has 0 spiro atoms. The van der Waals surface area contributed by atoms with Crippen molar-refractivity contribution in [2.24, 2.45) is 0 Å². The molecule has 1 heterocycles. The molecule has 5 heteroatoms. The lowest BCUT2D eigenvalue weighted by Crippen LogP contribution is -2.13. The summed E-state index contributed by atoms with van der Waals surface area (Å²) < 4.78 is 7.66. The van der Waals surface area contributed by atoms with Gasteiger partial charge in [0.2, 0.25) is 0 Å². The molecule has 0 saturated heterocycles. The maximum absolute atomic E-state index is 10.7. The van der Waals surface area contributed by atoms with Crippen LogP contribution in [0, 0.1) is 13.8 Å². The topological polar surface area (TPSA) is 47.3 Å². The number of halogens is 1. The Labute approximate surface area is 127 Å². The quantitative estimate of drug-likeness (QED) is 0.911. The van der Waals surface area contributed by atoms with Gasteiger partial charge in [0.05, 0.1) is 29.5 Å². The number of benzene rings is 1. The van der Waals surface area contributed by atoms with Crippen LogP contribution in [0.4, 0.5) is 0 Å². The standard InChI is InChI=1S/C15H19BrN2O2/c1-10-6-11(2)8-12(7-10)15(19)14-13(16)9-17-18(14)4-5-20-3/h6-9,15,19H,4-5H2,1-3H3. The van der Waals surface area contributed by atoms with Crippen LogP contribution in [0.3, 0.4) is 0 Å². The number of aliphatic hydroxyl groups excluding tert-OH is 1. The van der Waals surface area contributed by atoms with Crippen LogP contribution in [0.25, 0.3) is 0 Å². The van der Waals surface area contributed by atoms with Crippen LogP contribution in [0.2, 0.25) is 0 Å². The van der Waals surface area contributed by atoms with Crippen LogP contribution in [0.15, 0.2) is 28.9 Å². The number of rotatable bonds is 5. The van der Waals surface area contributed by atoms with E-state index in [0.717, 1.165) is 26.9 Å². The largest absolute Gasteiger partial charge is 0.383 e. The fourth-order valence-electron chi connectivity index (χ4n) is 2.33. The van der Waals surface area contributed by atoms with E-state index in [1.165, 1.54) is 0 Å². The molecule has 2 aromatic rings. The van der Waals surface area contributed by atoms with Crippen LogP contribution in [-0.4, -0.2) is 28.6 Å². The molecule has 0 radical (unpaired) electrons. The fraction of sp³-hybridized carbons (Fsp3) is 0.400. The molecule has 0 aliphatic heterocycles. The Bertz CT molecular complexity index is 575. The summed E-state index contributed by atoms with van der Waals surface area (Å²) in [5.74, 6) is 0. The molecule has 0 aliphatic rings. The Hall–Kier alpha value is -1.17. The van der Waals surface area contributed by atoms with E-state index in [9.17, 15) is 5.11 Å². The Morgan fingerprint density at radius 3 is 2.55 bits per heavy atom. The van der Waals surface area contributed by atoms with E-state index in [1.54, 1.807) is 18.0 Å². The highest BCUT2D eigenvalue weighted by molar-refractivity contribution is 9.10. The Kier molecular flexibility index (Phi) is 4.96. The van der Waals surface area contributed by atoms with Crippen molar-refractivity contribution >= 4 is 15.9 Å². The summed E-state index contributed by atoms with van der Waals surface area (Å²) in [5.41, 5.74) is 3.91. The summed E-state index contributed by atoms with van der Waals surface area (Å²) in [4.78, 5) is 0. The van der Waals surface area contributed by atoms with Gasteiger partial charge in [0.25, 0.3) is 0 Å². The minimum atomic E-state index is -0.706. The van der Waals surface area contributed by atoms with Crippen molar-refractivity contribution in [1.29, 1.82) is 0 Å². The molecule has 1 aromatic heterocycles. The first-order valence-corrected chi connectivity index (χ1v) is 7.28. The molecular formula is C15H19BrN2O2. The molecule has 2 rings (SSSR count). The van der Waals surface area contributed by atoms with E-state index in [1.807, 2.05) is 26.0 Å². The molecule has 1 atom stereocenters. The predicted molar refractivity (Wildman–Crippen MR) is 81.8 cm³/mol. The third-order valence-electron chi connectivity index (χ3n) is 3.16. The van der Waals surface area contributed by atoms with Gasteiger partial charge in [0.1, 0.15) is 6.10 Å². The lowest BCUT2D eigenvalue weighted by Gasteiger charge is -2.16. The molecule has 1 N–H and O–H groups in total. The van der Waals surface area contributed by atoms with Gasteiger partial charge in [-0.2, -0.15) is 5.10 Å². The highest BCUT2D eigenvalue weighted by Crippen LogP contribution is 2.29. The third-order valence-corrected chi connectivity index (χ3v) is 3.77. The summed E-state index contributed by atoms with van der Waals surface area (Å²) in [6.07, 6.45) is 0.999. The van der Waals surface area contributed by atoms with Crippen molar-refractivity contribution < 1.29 is 9.84 Å².